The summed E-state index contributed by atoms with van der Waals surface area (Å²) in [5.41, 5.74) is 1.08. The first-order valence-corrected chi connectivity index (χ1v) is 4.87. The number of nitrogens with zero attached hydrogens (tertiary/aromatic N) is 2. The van der Waals surface area contributed by atoms with Gasteiger partial charge in [0.15, 0.2) is 0 Å². The highest BCUT2D eigenvalue weighted by Crippen LogP contribution is 2.17. The average molecular weight is 209 g/mol. The maximum Gasteiger partial charge on any atom is 0.0671 e. The second-order valence-electron chi connectivity index (χ2n) is 3.39. The first-order valence-electron chi connectivity index (χ1n) is 4.50. The van der Waals surface area contributed by atoms with Gasteiger partial charge in [0.25, 0.3) is 0 Å². The fourth-order valence-electron chi connectivity index (χ4n) is 1.25. The van der Waals surface area contributed by atoms with Gasteiger partial charge in [-0.05, 0) is 31.2 Å². The van der Waals surface area contributed by atoms with Gasteiger partial charge in [-0.15, -0.1) is 0 Å². The third-order valence-electron chi connectivity index (χ3n) is 2.04. The van der Waals surface area contributed by atoms with Gasteiger partial charge in [0, 0.05) is 24.3 Å². The predicted molar refractivity (Wildman–Crippen MR) is 59.5 cm³/mol. The number of halogens is 1. The van der Waals surface area contributed by atoms with E-state index in [0.717, 1.165) is 17.3 Å². The van der Waals surface area contributed by atoms with E-state index in [2.05, 4.69) is 6.07 Å². The van der Waals surface area contributed by atoms with E-state index in [1.165, 1.54) is 0 Å². The maximum absolute atomic E-state index is 8.68. The molecule has 2 nitrogen and oxygen atoms in total. The van der Waals surface area contributed by atoms with Crippen molar-refractivity contribution in [1.82, 2.24) is 0 Å². The Bertz CT molecular complexity index is 326. The zero-order chi connectivity index (χ0) is 10.6. The van der Waals surface area contributed by atoms with Crippen LogP contribution in [0.2, 0.25) is 5.02 Å². The minimum Gasteiger partial charge on any atom is -0.373 e. The average Bonchev–Trinajstić information content (AvgIpc) is 2.18. The molecular formula is C11H13ClN2. The van der Waals surface area contributed by atoms with Crippen LogP contribution in [0.3, 0.4) is 0 Å². The molecule has 0 aromatic heterocycles. The van der Waals surface area contributed by atoms with E-state index >= 15 is 0 Å². The standard InChI is InChI=1S/C11H13ClN2/c1-9(7-13)8-14(2)11-5-3-10(12)4-6-11/h3-6,9H,8H2,1-2H3. The molecular weight excluding hydrogens is 196 g/mol. The lowest BCUT2D eigenvalue weighted by Gasteiger charge is -2.20. The highest BCUT2D eigenvalue weighted by molar-refractivity contribution is 6.30. The zero-order valence-corrected chi connectivity index (χ0v) is 9.12. The van der Waals surface area contributed by atoms with Gasteiger partial charge in [-0.3, -0.25) is 0 Å². The number of benzene rings is 1. The lowest BCUT2D eigenvalue weighted by atomic mass is 10.2. The molecule has 0 saturated carbocycles. The van der Waals surface area contributed by atoms with E-state index in [1.54, 1.807) is 0 Å². The number of hydrogen-bond donors (Lipinski definition) is 0. The molecule has 0 spiro atoms. The fraction of sp³-hybridized carbons (Fsp3) is 0.364. The van der Waals surface area contributed by atoms with Gasteiger partial charge in [0.2, 0.25) is 0 Å². The molecule has 1 unspecified atom stereocenters. The minimum atomic E-state index is 0.0377. The normalized spacial score (nSPS) is 11.9. The van der Waals surface area contributed by atoms with Crippen LogP contribution in [0.15, 0.2) is 24.3 Å². The van der Waals surface area contributed by atoms with E-state index in [4.69, 9.17) is 16.9 Å². The van der Waals surface area contributed by atoms with Gasteiger partial charge < -0.3 is 4.90 Å². The van der Waals surface area contributed by atoms with E-state index < -0.39 is 0 Å². The molecule has 1 aromatic rings. The third-order valence-corrected chi connectivity index (χ3v) is 2.29. The molecule has 0 radical (unpaired) electrons. The second kappa shape index (κ2) is 4.88. The van der Waals surface area contributed by atoms with E-state index in [0.29, 0.717) is 0 Å². The molecule has 0 bridgehead atoms. The van der Waals surface area contributed by atoms with Gasteiger partial charge in [0.05, 0.1) is 12.0 Å². The summed E-state index contributed by atoms with van der Waals surface area (Å²) in [6, 6.07) is 9.81. The van der Waals surface area contributed by atoms with Crippen molar-refractivity contribution in [1.29, 1.82) is 5.26 Å². The molecule has 0 aliphatic heterocycles. The van der Waals surface area contributed by atoms with Gasteiger partial charge >= 0.3 is 0 Å². The van der Waals surface area contributed by atoms with Crippen molar-refractivity contribution < 1.29 is 0 Å². The number of nitriles is 1. The molecule has 0 fully saturated rings. The monoisotopic (exact) mass is 208 g/mol. The third kappa shape index (κ3) is 2.93. The highest BCUT2D eigenvalue weighted by atomic mass is 35.5. The summed E-state index contributed by atoms with van der Waals surface area (Å²) < 4.78 is 0. The van der Waals surface area contributed by atoms with Crippen LogP contribution in [-0.4, -0.2) is 13.6 Å². The topological polar surface area (TPSA) is 27.0 Å². The van der Waals surface area contributed by atoms with Crippen LogP contribution < -0.4 is 4.90 Å². The van der Waals surface area contributed by atoms with Gasteiger partial charge in [0.1, 0.15) is 0 Å². The Balaban J connectivity index is 2.66. The van der Waals surface area contributed by atoms with Crippen LogP contribution in [-0.2, 0) is 0 Å². The Morgan fingerprint density at radius 3 is 2.50 bits per heavy atom. The van der Waals surface area contributed by atoms with Gasteiger partial charge in [-0.25, -0.2) is 0 Å². The molecule has 0 N–H and O–H groups in total. The lowest BCUT2D eigenvalue weighted by Crippen LogP contribution is -2.22. The summed E-state index contributed by atoms with van der Waals surface area (Å²) in [6.45, 7) is 2.64. The smallest absolute Gasteiger partial charge is 0.0671 e. The predicted octanol–water partition coefficient (Wildman–Crippen LogP) is 2.94. The molecule has 0 aliphatic carbocycles. The van der Waals surface area contributed by atoms with Crippen molar-refractivity contribution in [3.8, 4) is 6.07 Å². The molecule has 0 saturated heterocycles. The van der Waals surface area contributed by atoms with E-state index in [1.807, 2.05) is 43.1 Å². The van der Waals surface area contributed by atoms with Crippen molar-refractivity contribution in [2.45, 2.75) is 6.92 Å². The molecule has 1 rings (SSSR count). The van der Waals surface area contributed by atoms with E-state index in [9.17, 15) is 0 Å². The van der Waals surface area contributed by atoms with Crippen molar-refractivity contribution in [2.24, 2.45) is 5.92 Å². The van der Waals surface area contributed by atoms with Crippen LogP contribution >= 0.6 is 11.6 Å². The van der Waals surface area contributed by atoms with Crippen molar-refractivity contribution in [3.63, 3.8) is 0 Å². The fourth-order valence-corrected chi connectivity index (χ4v) is 1.38. The molecule has 0 heterocycles. The Morgan fingerprint density at radius 1 is 1.43 bits per heavy atom. The van der Waals surface area contributed by atoms with Crippen LogP contribution in [0.4, 0.5) is 5.69 Å². The second-order valence-corrected chi connectivity index (χ2v) is 3.82. The summed E-state index contributed by atoms with van der Waals surface area (Å²) in [6.07, 6.45) is 0. The largest absolute Gasteiger partial charge is 0.373 e. The van der Waals surface area contributed by atoms with Crippen molar-refractivity contribution in [3.05, 3.63) is 29.3 Å². The van der Waals surface area contributed by atoms with Crippen molar-refractivity contribution in [2.75, 3.05) is 18.5 Å². The number of anilines is 1. The molecule has 3 heteroatoms. The summed E-state index contributed by atoms with van der Waals surface area (Å²) >= 11 is 5.78. The van der Waals surface area contributed by atoms with Crippen LogP contribution in [0.1, 0.15) is 6.92 Å². The first-order chi connectivity index (χ1) is 6.63. The molecule has 74 valence electrons. The van der Waals surface area contributed by atoms with Crippen LogP contribution in [0.25, 0.3) is 0 Å². The Kier molecular flexibility index (Phi) is 3.79. The zero-order valence-electron chi connectivity index (χ0n) is 8.37. The van der Waals surface area contributed by atoms with Crippen molar-refractivity contribution >= 4 is 17.3 Å². The Hall–Kier alpha value is -1.20. The summed E-state index contributed by atoms with van der Waals surface area (Å²) in [7, 11) is 1.97. The van der Waals surface area contributed by atoms with Gasteiger partial charge in [-0.1, -0.05) is 11.6 Å². The van der Waals surface area contributed by atoms with Crippen LogP contribution in [0.5, 0.6) is 0 Å². The lowest BCUT2D eigenvalue weighted by molar-refractivity contribution is 0.716. The number of rotatable bonds is 3. The van der Waals surface area contributed by atoms with Crippen LogP contribution in [0, 0.1) is 17.2 Å². The summed E-state index contributed by atoms with van der Waals surface area (Å²) in [4.78, 5) is 2.05. The molecule has 14 heavy (non-hydrogen) atoms. The molecule has 0 amide bonds. The summed E-state index contributed by atoms with van der Waals surface area (Å²) in [5.74, 6) is 0.0377. The summed E-state index contributed by atoms with van der Waals surface area (Å²) in [5, 5.41) is 9.41. The highest BCUT2D eigenvalue weighted by Gasteiger charge is 2.05. The molecule has 1 atom stereocenters. The number of hydrogen-bond acceptors (Lipinski definition) is 2. The molecule has 0 aliphatic rings. The Morgan fingerprint density at radius 2 is 2.00 bits per heavy atom. The van der Waals surface area contributed by atoms with Gasteiger partial charge in [-0.2, -0.15) is 5.26 Å². The minimum absolute atomic E-state index is 0.0377. The first kappa shape index (κ1) is 10.9. The maximum atomic E-state index is 8.68. The van der Waals surface area contributed by atoms with E-state index in [-0.39, 0.29) is 5.92 Å². The Labute approximate surface area is 89.7 Å². The SMILES string of the molecule is CC(C#N)CN(C)c1ccc(Cl)cc1. The quantitative estimate of drug-likeness (QED) is 0.764. The molecule has 1 aromatic carbocycles.